The van der Waals surface area contributed by atoms with Crippen molar-refractivity contribution in [1.82, 2.24) is 0 Å². The van der Waals surface area contributed by atoms with Crippen molar-refractivity contribution in [3.63, 3.8) is 0 Å². The zero-order valence-electron chi connectivity index (χ0n) is 10.4. The minimum atomic E-state index is -0.857. The van der Waals surface area contributed by atoms with E-state index < -0.39 is 5.60 Å². The first kappa shape index (κ1) is 12.3. The minimum Gasteiger partial charge on any atom is -0.377 e. The van der Waals surface area contributed by atoms with Crippen molar-refractivity contribution in [2.24, 2.45) is 11.3 Å². The van der Waals surface area contributed by atoms with E-state index in [2.05, 4.69) is 39.2 Å². The predicted octanol–water partition coefficient (Wildman–Crippen LogP) is 3.14. The van der Waals surface area contributed by atoms with E-state index in [1.54, 1.807) is 0 Å². The summed E-state index contributed by atoms with van der Waals surface area (Å²) in [6, 6.07) is 0. The van der Waals surface area contributed by atoms with Crippen LogP contribution < -0.4 is 0 Å². The maximum atomic E-state index is 10.7. The van der Waals surface area contributed by atoms with E-state index in [1.807, 2.05) is 6.92 Å². The molecule has 1 rings (SSSR count). The molecule has 0 spiro atoms. The van der Waals surface area contributed by atoms with Crippen LogP contribution in [0.1, 0.15) is 47.0 Å². The Morgan fingerprint density at radius 2 is 2.07 bits per heavy atom. The Morgan fingerprint density at radius 3 is 2.53 bits per heavy atom. The van der Waals surface area contributed by atoms with Crippen molar-refractivity contribution in [1.29, 1.82) is 0 Å². The van der Waals surface area contributed by atoms with Gasteiger partial charge < -0.3 is 5.11 Å². The van der Waals surface area contributed by atoms with Crippen molar-refractivity contribution >= 4 is 0 Å². The predicted molar refractivity (Wildman–Crippen MR) is 64.3 cm³/mol. The lowest BCUT2D eigenvalue weighted by atomic mass is 9.61. The van der Waals surface area contributed by atoms with Gasteiger partial charge in [0.25, 0.3) is 0 Å². The van der Waals surface area contributed by atoms with Gasteiger partial charge in [0.2, 0.25) is 0 Å². The summed E-state index contributed by atoms with van der Waals surface area (Å²) in [5.41, 5.74) is -0.158. The third-order valence-corrected chi connectivity index (χ3v) is 3.65. The highest BCUT2D eigenvalue weighted by atomic mass is 16.3. The first-order chi connectivity index (χ1) is 6.79. The third kappa shape index (κ3) is 2.26. The number of hydrogen-bond donors (Lipinski definition) is 1. The van der Waals surface area contributed by atoms with Crippen LogP contribution in [0.4, 0.5) is 0 Å². The Morgan fingerprint density at radius 1 is 1.47 bits per heavy atom. The number of allylic oxidation sites excluding steroid dienone is 1. The molecular formula is C14H22O. The van der Waals surface area contributed by atoms with Gasteiger partial charge in [0, 0.05) is 5.41 Å². The van der Waals surface area contributed by atoms with Gasteiger partial charge >= 0.3 is 0 Å². The fourth-order valence-corrected chi connectivity index (χ4v) is 2.41. The number of aliphatic hydroxyl groups is 1. The van der Waals surface area contributed by atoms with Gasteiger partial charge in [-0.2, -0.15) is 0 Å². The standard InChI is InChI=1S/C14H22O/c1-11(2)8-10-14(15)12(3)7-6-9-13(14,4)5/h12,15H,1,6-7,9H2,2-5H3. The van der Waals surface area contributed by atoms with Crippen molar-refractivity contribution in [3.05, 3.63) is 12.2 Å². The maximum Gasteiger partial charge on any atom is 0.133 e. The molecule has 0 radical (unpaired) electrons. The monoisotopic (exact) mass is 206 g/mol. The fraction of sp³-hybridized carbons (Fsp3) is 0.714. The average Bonchev–Trinajstić information content (AvgIpc) is 2.11. The summed E-state index contributed by atoms with van der Waals surface area (Å²) in [6.07, 6.45) is 3.29. The number of rotatable bonds is 0. The lowest BCUT2D eigenvalue weighted by Gasteiger charge is -2.47. The Labute approximate surface area is 93.6 Å². The highest BCUT2D eigenvalue weighted by Gasteiger charge is 2.48. The molecule has 1 aliphatic rings. The van der Waals surface area contributed by atoms with Crippen LogP contribution in [0.25, 0.3) is 0 Å². The molecule has 0 aromatic heterocycles. The quantitative estimate of drug-likeness (QED) is 0.604. The van der Waals surface area contributed by atoms with E-state index in [-0.39, 0.29) is 11.3 Å². The second kappa shape index (κ2) is 4.02. The van der Waals surface area contributed by atoms with Gasteiger partial charge in [-0.1, -0.05) is 45.6 Å². The molecule has 0 saturated heterocycles. The smallest absolute Gasteiger partial charge is 0.133 e. The second-order valence-electron chi connectivity index (χ2n) is 5.47. The van der Waals surface area contributed by atoms with Crippen molar-refractivity contribution < 1.29 is 5.11 Å². The van der Waals surface area contributed by atoms with Crippen LogP contribution in [0, 0.1) is 23.2 Å². The summed E-state index contributed by atoms with van der Waals surface area (Å²) in [4.78, 5) is 0. The Bertz CT molecular complexity index is 316. The molecule has 2 atom stereocenters. The summed E-state index contributed by atoms with van der Waals surface area (Å²) in [7, 11) is 0. The minimum absolute atomic E-state index is 0.118. The Hall–Kier alpha value is -0.740. The SMILES string of the molecule is C=C(C)C#CC1(O)C(C)CCCC1(C)C. The summed E-state index contributed by atoms with van der Waals surface area (Å²) in [6.45, 7) is 11.9. The highest BCUT2D eigenvalue weighted by Crippen LogP contribution is 2.46. The zero-order valence-corrected chi connectivity index (χ0v) is 10.4. The molecule has 0 aliphatic heterocycles. The van der Waals surface area contributed by atoms with Crippen LogP contribution in [0.15, 0.2) is 12.2 Å². The molecule has 0 aromatic rings. The van der Waals surface area contributed by atoms with Crippen molar-refractivity contribution in [2.75, 3.05) is 0 Å². The van der Waals surface area contributed by atoms with Crippen LogP contribution in [0.3, 0.4) is 0 Å². The topological polar surface area (TPSA) is 20.2 Å². The zero-order chi connectivity index (χ0) is 11.7. The van der Waals surface area contributed by atoms with Gasteiger partial charge in [-0.3, -0.25) is 0 Å². The molecule has 0 aromatic carbocycles. The third-order valence-electron chi connectivity index (χ3n) is 3.65. The summed E-state index contributed by atoms with van der Waals surface area (Å²) in [5, 5.41) is 10.7. The normalized spacial score (nSPS) is 34.1. The molecule has 1 saturated carbocycles. The van der Waals surface area contributed by atoms with Crippen LogP contribution in [0.2, 0.25) is 0 Å². The van der Waals surface area contributed by atoms with Crippen LogP contribution in [-0.2, 0) is 0 Å². The average molecular weight is 206 g/mol. The van der Waals surface area contributed by atoms with Gasteiger partial charge in [0.05, 0.1) is 0 Å². The molecule has 0 bridgehead atoms. The molecule has 0 amide bonds. The number of hydrogen-bond acceptors (Lipinski definition) is 1. The van der Waals surface area contributed by atoms with E-state index >= 15 is 0 Å². The van der Waals surface area contributed by atoms with E-state index in [0.29, 0.717) is 0 Å². The van der Waals surface area contributed by atoms with Crippen LogP contribution in [-0.4, -0.2) is 10.7 Å². The van der Waals surface area contributed by atoms with E-state index in [4.69, 9.17) is 0 Å². The van der Waals surface area contributed by atoms with Crippen LogP contribution >= 0.6 is 0 Å². The van der Waals surface area contributed by atoms with E-state index in [9.17, 15) is 5.11 Å². The molecule has 84 valence electrons. The van der Waals surface area contributed by atoms with Gasteiger partial charge in [0.15, 0.2) is 0 Å². The fourth-order valence-electron chi connectivity index (χ4n) is 2.41. The molecule has 1 fully saturated rings. The van der Waals surface area contributed by atoms with Gasteiger partial charge in [0.1, 0.15) is 5.60 Å². The van der Waals surface area contributed by atoms with Crippen molar-refractivity contribution in [3.8, 4) is 11.8 Å². The van der Waals surface area contributed by atoms with E-state index in [0.717, 1.165) is 18.4 Å². The molecule has 1 heteroatoms. The Balaban J connectivity index is 3.05. The largest absolute Gasteiger partial charge is 0.377 e. The molecule has 1 aliphatic carbocycles. The summed E-state index contributed by atoms with van der Waals surface area (Å²) < 4.78 is 0. The van der Waals surface area contributed by atoms with Gasteiger partial charge in [-0.05, 0) is 31.3 Å². The maximum absolute atomic E-state index is 10.7. The molecule has 2 unspecified atom stereocenters. The summed E-state index contributed by atoms with van der Waals surface area (Å²) in [5.74, 6) is 6.23. The first-order valence-electron chi connectivity index (χ1n) is 5.70. The van der Waals surface area contributed by atoms with Crippen molar-refractivity contribution in [2.45, 2.75) is 52.6 Å². The molecule has 1 nitrogen and oxygen atoms in total. The molecular weight excluding hydrogens is 184 g/mol. The van der Waals surface area contributed by atoms with E-state index in [1.165, 1.54) is 6.42 Å². The lowest BCUT2D eigenvalue weighted by Crippen LogP contribution is -2.51. The highest BCUT2D eigenvalue weighted by molar-refractivity contribution is 5.31. The van der Waals surface area contributed by atoms with Crippen LogP contribution in [0.5, 0.6) is 0 Å². The summed E-state index contributed by atoms with van der Waals surface area (Å²) >= 11 is 0. The van der Waals surface area contributed by atoms with Gasteiger partial charge in [-0.25, -0.2) is 0 Å². The lowest BCUT2D eigenvalue weighted by molar-refractivity contribution is -0.0860. The second-order valence-corrected chi connectivity index (χ2v) is 5.47. The van der Waals surface area contributed by atoms with Gasteiger partial charge in [-0.15, -0.1) is 0 Å². The molecule has 0 heterocycles. The Kier molecular flexibility index (Phi) is 3.31. The molecule has 15 heavy (non-hydrogen) atoms. The first-order valence-corrected chi connectivity index (χ1v) is 5.70. The molecule has 1 N–H and O–H groups in total.